The van der Waals surface area contributed by atoms with E-state index in [2.05, 4.69) is 43.4 Å². The van der Waals surface area contributed by atoms with Crippen LogP contribution in [0.1, 0.15) is 36.9 Å². The number of hydrogen-bond acceptors (Lipinski definition) is 2. The van der Waals surface area contributed by atoms with Crippen LogP contribution in [0.4, 0.5) is 4.79 Å². The van der Waals surface area contributed by atoms with Crippen LogP contribution >= 0.6 is 0 Å². The highest BCUT2D eigenvalue weighted by Gasteiger charge is 2.28. The lowest BCUT2D eigenvalue weighted by Gasteiger charge is -2.13. The van der Waals surface area contributed by atoms with Crippen molar-refractivity contribution in [3.8, 4) is 0 Å². The smallest absolute Gasteiger partial charge is 0.318 e. The summed E-state index contributed by atoms with van der Waals surface area (Å²) in [6.07, 6.45) is 0. The maximum absolute atomic E-state index is 11.7. The molecule has 1 saturated heterocycles. The summed E-state index contributed by atoms with van der Waals surface area (Å²) in [6, 6.07) is 8.55. The van der Waals surface area contributed by atoms with Crippen molar-refractivity contribution in [2.24, 2.45) is 5.73 Å². The minimum atomic E-state index is -0.0154. The predicted octanol–water partition coefficient (Wildman–Crippen LogP) is 1.83. The Kier molecular flexibility index (Phi) is 3.87. The first-order valence-corrected chi connectivity index (χ1v) is 6.47. The predicted molar refractivity (Wildman–Crippen MR) is 72.4 cm³/mol. The van der Waals surface area contributed by atoms with Crippen molar-refractivity contribution < 1.29 is 4.79 Å². The van der Waals surface area contributed by atoms with Gasteiger partial charge in [0.15, 0.2) is 0 Å². The van der Waals surface area contributed by atoms with Crippen LogP contribution in [0.25, 0.3) is 0 Å². The van der Waals surface area contributed by atoms with Crippen molar-refractivity contribution in [1.29, 1.82) is 0 Å². The fourth-order valence-corrected chi connectivity index (χ4v) is 2.24. The summed E-state index contributed by atoms with van der Waals surface area (Å²) in [7, 11) is 0. The number of carbonyl (C=O) groups is 1. The molecule has 0 bridgehead atoms. The summed E-state index contributed by atoms with van der Waals surface area (Å²) in [5.41, 5.74) is 7.97. The standard InChI is InChI=1S/C14H21N3O/c1-10(2)11-3-5-12(6-4-11)13-9-17(8-7-15)14(18)16-13/h3-6,10,13H,7-9,15H2,1-2H3,(H,16,18). The lowest BCUT2D eigenvalue weighted by atomic mass is 9.99. The first kappa shape index (κ1) is 12.9. The number of nitrogens with zero attached hydrogens (tertiary/aromatic N) is 1. The Morgan fingerprint density at radius 3 is 2.61 bits per heavy atom. The van der Waals surface area contributed by atoms with Gasteiger partial charge in [-0.1, -0.05) is 38.1 Å². The summed E-state index contributed by atoms with van der Waals surface area (Å²) in [6.45, 7) is 6.18. The molecule has 2 amide bonds. The lowest BCUT2D eigenvalue weighted by Crippen LogP contribution is -2.32. The van der Waals surface area contributed by atoms with Gasteiger partial charge in [0.2, 0.25) is 0 Å². The van der Waals surface area contributed by atoms with Gasteiger partial charge in [0.05, 0.1) is 6.04 Å². The normalized spacial score (nSPS) is 19.4. The minimum absolute atomic E-state index is 0.0154. The van der Waals surface area contributed by atoms with E-state index >= 15 is 0 Å². The highest BCUT2D eigenvalue weighted by atomic mass is 16.2. The van der Waals surface area contributed by atoms with E-state index in [9.17, 15) is 4.79 Å². The molecule has 0 saturated carbocycles. The quantitative estimate of drug-likeness (QED) is 0.853. The van der Waals surface area contributed by atoms with E-state index < -0.39 is 0 Å². The van der Waals surface area contributed by atoms with Gasteiger partial charge in [-0.05, 0) is 17.0 Å². The molecule has 1 fully saturated rings. The van der Waals surface area contributed by atoms with Gasteiger partial charge in [-0.25, -0.2) is 4.79 Å². The summed E-state index contributed by atoms with van der Waals surface area (Å²) < 4.78 is 0. The van der Waals surface area contributed by atoms with Crippen LogP contribution in [0.5, 0.6) is 0 Å². The van der Waals surface area contributed by atoms with Crippen LogP contribution in [-0.4, -0.2) is 30.6 Å². The molecule has 1 unspecified atom stereocenters. The molecule has 2 rings (SSSR count). The third-order valence-corrected chi connectivity index (χ3v) is 3.39. The number of hydrogen-bond donors (Lipinski definition) is 2. The molecule has 0 aliphatic carbocycles. The zero-order valence-electron chi connectivity index (χ0n) is 11.0. The van der Waals surface area contributed by atoms with Crippen molar-refractivity contribution >= 4 is 6.03 Å². The van der Waals surface area contributed by atoms with Crippen molar-refractivity contribution in [3.05, 3.63) is 35.4 Å². The van der Waals surface area contributed by atoms with Gasteiger partial charge in [0.25, 0.3) is 0 Å². The van der Waals surface area contributed by atoms with Gasteiger partial charge in [-0.3, -0.25) is 0 Å². The Balaban J connectivity index is 2.07. The number of amides is 2. The van der Waals surface area contributed by atoms with Gasteiger partial charge in [0.1, 0.15) is 0 Å². The first-order chi connectivity index (χ1) is 8.61. The van der Waals surface area contributed by atoms with Crippen LogP contribution in [0.2, 0.25) is 0 Å². The van der Waals surface area contributed by atoms with Crippen LogP contribution in [0.15, 0.2) is 24.3 Å². The molecule has 0 aromatic heterocycles. The summed E-state index contributed by atoms with van der Waals surface area (Å²) in [5, 5.41) is 2.99. The van der Waals surface area contributed by atoms with E-state index in [1.807, 2.05) is 0 Å². The van der Waals surface area contributed by atoms with E-state index in [1.54, 1.807) is 4.90 Å². The molecule has 4 heteroatoms. The van der Waals surface area contributed by atoms with Crippen LogP contribution in [0, 0.1) is 0 Å². The molecule has 1 aromatic rings. The SMILES string of the molecule is CC(C)c1ccc(C2CN(CCN)C(=O)N2)cc1. The van der Waals surface area contributed by atoms with Crippen molar-refractivity contribution in [1.82, 2.24) is 10.2 Å². The highest BCUT2D eigenvalue weighted by molar-refractivity contribution is 5.77. The Bertz CT molecular complexity index is 414. The summed E-state index contributed by atoms with van der Waals surface area (Å²) >= 11 is 0. The number of urea groups is 1. The number of rotatable bonds is 4. The fourth-order valence-electron chi connectivity index (χ4n) is 2.24. The average molecular weight is 247 g/mol. The van der Waals surface area contributed by atoms with E-state index in [0.29, 0.717) is 25.6 Å². The first-order valence-electron chi connectivity index (χ1n) is 6.47. The molecule has 1 aromatic carbocycles. The topological polar surface area (TPSA) is 58.4 Å². The Labute approximate surface area is 108 Å². The number of nitrogens with two attached hydrogens (primary N) is 1. The van der Waals surface area contributed by atoms with Gasteiger partial charge in [-0.15, -0.1) is 0 Å². The highest BCUT2D eigenvalue weighted by Crippen LogP contribution is 2.22. The van der Waals surface area contributed by atoms with E-state index in [-0.39, 0.29) is 12.1 Å². The second-order valence-corrected chi connectivity index (χ2v) is 5.06. The van der Waals surface area contributed by atoms with Crippen molar-refractivity contribution in [2.45, 2.75) is 25.8 Å². The monoisotopic (exact) mass is 247 g/mol. The second kappa shape index (κ2) is 5.40. The van der Waals surface area contributed by atoms with Gasteiger partial charge in [-0.2, -0.15) is 0 Å². The third-order valence-electron chi connectivity index (χ3n) is 3.39. The molecule has 3 N–H and O–H groups in total. The van der Waals surface area contributed by atoms with E-state index in [4.69, 9.17) is 5.73 Å². The van der Waals surface area contributed by atoms with Crippen LogP contribution in [0.3, 0.4) is 0 Å². The van der Waals surface area contributed by atoms with Gasteiger partial charge in [0, 0.05) is 19.6 Å². The largest absolute Gasteiger partial charge is 0.329 e. The van der Waals surface area contributed by atoms with Crippen molar-refractivity contribution in [2.75, 3.05) is 19.6 Å². The third kappa shape index (κ3) is 2.64. The second-order valence-electron chi connectivity index (χ2n) is 5.06. The molecule has 18 heavy (non-hydrogen) atoms. The molecule has 1 heterocycles. The minimum Gasteiger partial charge on any atom is -0.329 e. The van der Waals surface area contributed by atoms with Gasteiger partial charge < -0.3 is 16.0 Å². The Morgan fingerprint density at radius 1 is 1.39 bits per heavy atom. The Morgan fingerprint density at radius 2 is 2.06 bits per heavy atom. The molecule has 1 aliphatic heterocycles. The zero-order valence-corrected chi connectivity index (χ0v) is 11.0. The molecule has 98 valence electrons. The molecular weight excluding hydrogens is 226 g/mol. The number of carbonyl (C=O) groups excluding carboxylic acids is 1. The van der Waals surface area contributed by atoms with E-state index in [1.165, 1.54) is 5.56 Å². The number of nitrogens with one attached hydrogen (secondary N) is 1. The van der Waals surface area contributed by atoms with Crippen LogP contribution in [-0.2, 0) is 0 Å². The lowest BCUT2D eigenvalue weighted by molar-refractivity contribution is 0.218. The molecule has 0 radical (unpaired) electrons. The maximum Gasteiger partial charge on any atom is 0.318 e. The van der Waals surface area contributed by atoms with Gasteiger partial charge >= 0.3 is 6.03 Å². The summed E-state index contributed by atoms with van der Waals surface area (Å²) in [5.74, 6) is 0.533. The summed E-state index contributed by atoms with van der Waals surface area (Å²) in [4.78, 5) is 13.4. The number of benzene rings is 1. The van der Waals surface area contributed by atoms with Crippen molar-refractivity contribution in [3.63, 3.8) is 0 Å². The average Bonchev–Trinajstić information content (AvgIpc) is 2.72. The molecule has 1 atom stereocenters. The maximum atomic E-state index is 11.7. The van der Waals surface area contributed by atoms with E-state index in [0.717, 1.165) is 5.56 Å². The molecule has 4 nitrogen and oxygen atoms in total. The van der Waals surface area contributed by atoms with Crippen LogP contribution < -0.4 is 11.1 Å². The molecule has 0 spiro atoms. The zero-order chi connectivity index (χ0) is 13.1. The fraction of sp³-hybridized carbons (Fsp3) is 0.500. The molecular formula is C14H21N3O. The molecule has 1 aliphatic rings. The Hall–Kier alpha value is -1.55.